The van der Waals surface area contributed by atoms with Gasteiger partial charge >= 0.3 is 0 Å². The minimum atomic E-state index is 0.0483. The first-order chi connectivity index (χ1) is 14.1. The lowest BCUT2D eigenvalue weighted by atomic mass is 9.97. The van der Waals surface area contributed by atoms with Crippen molar-refractivity contribution in [1.82, 2.24) is 15.5 Å². The number of hydrogen-bond acceptors (Lipinski definition) is 4. The molecule has 5 heteroatoms. The number of carbonyl (C=O) groups is 1. The van der Waals surface area contributed by atoms with E-state index in [0.717, 1.165) is 27.8 Å². The first-order valence-corrected chi connectivity index (χ1v) is 10.4. The molecule has 0 radical (unpaired) electrons. The monoisotopic (exact) mass is 387 g/mol. The summed E-state index contributed by atoms with van der Waals surface area (Å²) in [4.78, 5) is 12.7. The van der Waals surface area contributed by atoms with Crippen LogP contribution in [0.1, 0.15) is 47.5 Å². The SMILES string of the molecule is Cc1nnc(-c2ccc(C)c(-c3ccc(C(=O)NC(C4CC4)C4CC4)cc3)c2)o1. The van der Waals surface area contributed by atoms with Gasteiger partial charge in [-0.05, 0) is 85.4 Å². The molecule has 2 aliphatic carbocycles. The largest absolute Gasteiger partial charge is 0.421 e. The third kappa shape index (κ3) is 3.82. The third-order valence-corrected chi connectivity index (χ3v) is 6.03. The molecule has 0 aliphatic heterocycles. The second kappa shape index (κ2) is 7.14. The molecular formula is C24H25N3O2. The number of aryl methyl sites for hydroxylation is 2. The van der Waals surface area contributed by atoms with Crippen LogP contribution in [0.15, 0.2) is 46.9 Å². The maximum atomic E-state index is 12.7. The lowest BCUT2D eigenvalue weighted by Gasteiger charge is -2.17. The first kappa shape index (κ1) is 18.1. The van der Waals surface area contributed by atoms with Crippen molar-refractivity contribution in [2.75, 3.05) is 0 Å². The highest BCUT2D eigenvalue weighted by atomic mass is 16.4. The Kier molecular flexibility index (Phi) is 4.46. The Morgan fingerprint density at radius 2 is 1.62 bits per heavy atom. The van der Waals surface area contributed by atoms with Gasteiger partial charge in [-0.25, -0.2) is 0 Å². The molecule has 2 aliphatic rings. The highest BCUT2D eigenvalue weighted by Crippen LogP contribution is 2.44. The molecule has 148 valence electrons. The number of nitrogens with zero attached hydrogens (tertiary/aromatic N) is 2. The van der Waals surface area contributed by atoms with Crippen molar-refractivity contribution in [3.63, 3.8) is 0 Å². The Bertz CT molecular complexity index is 1030. The molecule has 1 aromatic heterocycles. The Morgan fingerprint density at radius 3 is 2.21 bits per heavy atom. The van der Waals surface area contributed by atoms with Gasteiger partial charge in [-0.2, -0.15) is 0 Å². The van der Waals surface area contributed by atoms with Gasteiger partial charge in [0.15, 0.2) is 0 Å². The minimum Gasteiger partial charge on any atom is -0.421 e. The molecular weight excluding hydrogens is 362 g/mol. The average molecular weight is 387 g/mol. The van der Waals surface area contributed by atoms with Crippen LogP contribution in [0, 0.1) is 25.7 Å². The van der Waals surface area contributed by atoms with Crippen LogP contribution < -0.4 is 5.32 Å². The van der Waals surface area contributed by atoms with Gasteiger partial charge in [0.05, 0.1) is 0 Å². The molecule has 0 bridgehead atoms. The fraction of sp³-hybridized carbons (Fsp3) is 0.375. The molecule has 1 N–H and O–H groups in total. The Balaban J connectivity index is 1.36. The van der Waals surface area contributed by atoms with Gasteiger partial charge in [0.2, 0.25) is 11.8 Å². The maximum Gasteiger partial charge on any atom is 0.251 e. The number of hydrogen-bond donors (Lipinski definition) is 1. The molecule has 0 saturated heterocycles. The molecule has 0 unspecified atom stereocenters. The van der Waals surface area contributed by atoms with Crippen molar-refractivity contribution in [1.29, 1.82) is 0 Å². The van der Waals surface area contributed by atoms with E-state index in [9.17, 15) is 4.79 Å². The summed E-state index contributed by atoms with van der Waals surface area (Å²) in [5.41, 5.74) is 4.94. The Morgan fingerprint density at radius 1 is 0.966 bits per heavy atom. The van der Waals surface area contributed by atoms with Gasteiger partial charge < -0.3 is 9.73 Å². The summed E-state index contributed by atoms with van der Waals surface area (Å²) in [5, 5.41) is 11.3. The number of benzene rings is 2. The highest BCUT2D eigenvalue weighted by Gasteiger charge is 2.42. The quantitative estimate of drug-likeness (QED) is 0.650. The second-order valence-electron chi connectivity index (χ2n) is 8.41. The van der Waals surface area contributed by atoms with Crippen LogP contribution in [0.3, 0.4) is 0 Å². The second-order valence-corrected chi connectivity index (χ2v) is 8.41. The number of aromatic nitrogens is 2. The van der Waals surface area contributed by atoms with Gasteiger partial charge in [-0.3, -0.25) is 4.79 Å². The summed E-state index contributed by atoms with van der Waals surface area (Å²) in [6.07, 6.45) is 5.04. The van der Waals surface area contributed by atoms with Crippen LogP contribution in [0.25, 0.3) is 22.6 Å². The van der Waals surface area contributed by atoms with Gasteiger partial charge in [0.1, 0.15) is 0 Å². The number of rotatable bonds is 6. The highest BCUT2D eigenvalue weighted by molar-refractivity contribution is 5.95. The van der Waals surface area contributed by atoms with Crippen molar-refractivity contribution in [2.24, 2.45) is 11.8 Å². The molecule has 2 aromatic carbocycles. The zero-order valence-corrected chi connectivity index (χ0v) is 16.8. The van der Waals surface area contributed by atoms with Crippen LogP contribution in [0.2, 0.25) is 0 Å². The number of nitrogens with one attached hydrogen (secondary N) is 1. The third-order valence-electron chi connectivity index (χ3n) is 6.03. The number of carbonyl (C=O) groups excluding carboxylic acids is 1. The van der Waals surface area contributed by atoms with Gasteiger partial charge in [-0.15, -0.1) is 10.2 Å². The van der Waals surface area contributed by atoms with Crippen LogP contribution in [-0.2, 0) is 0 Å². The van der Waals surface area contributed by atoms with Crippen LogP contribution in [-0.4, -0.2) is 22.1 Å². The summed E-state index contributed by atoms with van der Waals surface area (Å²) in [6, 6.07) is 14.4. The summed E-state index contributed by atoms with van der Waals surface area (Å²) >= 11 is 0. The normalized spacial score (nSPS) is 16.2. The number of amides is 1. The standard InChI is InChI=1S/C24H25N3O2/c1-14-3-4-20(24-27-26-15(2)29-24)13-21(14)16-5-11-19(12-6-16)23(28)25-22(17-7-8-17)18-9-10-18/h3-6,11-13,17-18,22H,7-10H2,1-2H3,(H,25,28). The molecule has 2 fully saturated rings. The van der Waals surface area contributed by atoms with Crippen molar-refractivity contribution in [3.8, 4) is 22.6 Å². The summed E-state index contributed by atoms with van der Waals surface area (Å²) in [5.74, 6) is 2.51. The van der Waals surface area contributed by atoms with Crippen LogP contribution in [0.4, 0.5) is 0 Å². The van der Waals surface area contributed by atoms with E-state index in [2.05, 4.69) is 34.6 Å². The first-order valence-electron chi connectivity index (χ1n) is 10.4. The smallest absolute Gasteiger partial charge is 0.251 e. The molecule has 5 nitrogen and oxygen atoms in total. The maximum absolute atomic E-state index is 12.7. The lowest BCUT2D eigenvalue weighted by Crippen LogP contribution is -2.38. The molecule has 5 rings (SSSR count). The summed E-state index contributed by atoms with van der Waals surface area (Å²) in [7, 11) is 0. The minimum absolute atomic E-state index is 0.0483. The van der Waals surface area contributed by atoms with Gasteiger partial charge in [-0.1, -0.05) is 18.2 Å². The van der Waals surface area contributed by atoms with Crippen molar-refractivity contribution >= 4 is 5.91 Å². The zero-order chi connectivity index (χ0) is 20.0. The van der Waals surface area contributed by atoms with E-state index < -0.39 is 0 Å². The van der Waals surface area contributed by atoms with E-state index in [-0.39, 0.29) is 5.91 Å². The predicted octanol–water partition coefficient (Wildman–Crippen LogP) is 4.94. The van der Waals surface area contributed by atoms with Gasteiger partial charge in [0, 0.05) is 24.1 Å². The molecule has 29 heavy (non-hydrogen) atoms. The Labute approximate surface area is 170 Å². The molecule has 2 saturated carbocycles. The fourth-order valence-electron chi connectivity index (χ4n) is 4.05. The van der Waals surface area contributed by atoms with Crippen LogP contribution in [0.5, 0.6) is 0 Å². The van der Waals surface area contributed by atoms with Crippen molar-refractivity contribution in [2.45, 2.75) is 45.6 Å². The van der Waals surface area contributed by atoms with Gasteiger partial charge in [0.25, 0.3) is 5.91 Å². The molecule has 1 amide bonds. The lowest BCUT2D eigenvalue weighted by molar-refractivity contribution is 0.0926. The summed E-state index contributed by atoms with van der Waals surface area (Å²) < 4.78 is 5.56. The molecule has 3 aromatic rings. The van der Waals surface area contributed by atoms with Crippen molar-refractivity contribution < 1.29 is 9.21 Å². The van der Waals surface area contributed by atoms with E-state index in [4.69, 9.17) is 4.42 Å². The van der Waals surface area contributed by atoms with E-state index in [0.29, 0.717) is 29.7 Å². The van der Waals surface area contributed by atoms with E-state index in [1.165, 1.54) is 25.7 Å². The Hall–Kier alpha value is -2.95. The van der Waals surface area contributed by atoms with E-state index >= 15 is 0 Å². The average Bonchev–Trinajstić information content (AvgIpc) is 3.66. The molecule has 0 spiro atoms. The van der Waals surface area contributed by atoms with E-state index in [1.54, 1.807) is 6.92 Å². The van der Waals surface area contributed by atoms with Crippen molar-refractivity contribution in [3.05, 3.63) is 59.5 Å². The predicted molar refractivity (Wildman–Crippen MR) is 111 cm³/mol. The van der Waals surface area contributed by atoms with E-state index in [1.807, 2.05) is 30.3 Å². The summed E-state index contributed by atoms with van der Waals surface area (Å²) in [6.45, 7) is 3.86. The molecule has 0 atom stereocenters. The fourth-order valence-corrected chi connectivity index (χ4v) is 4.05. The topological polar surface area (TPSA) is 68.0 Å². The van der Waals surface area contributed by atoms with Crippen LogP contribution >= 0.6 is 0 Å². The molecule has 1 heterocycles. The zero-order valence-electron chi connectivity index (χ0n) is 16.8.